The largest absolute Gasteiger partial charge is 0.388 e. The van der Waals surface area contributed by atoms with E-state index >= 15 is 0 Å². The normalized spacial score (nSPS) is 22.0. The number of nitrogens with zero attached hydrogens (tertiary/aromatic N) is 2. The molecule has 0 saturated carbocycles. The molecule has 0 amide bonds. The standard InChI is InChI=1S/C16H28N2O/c1-12(2)17(5)8-9-18-7-6-13-14(18)10-16(3,4)11-15(13)19/h6-7,12,15,19H,8-11H2,1-5H3. The highest BCUT2D eigenvalue weighted by Crippen LogP contribution is 2.40. The van der Waals surface area contributed by atoms with Gasteiger partial charge in [-0.1, -0.05) is 13.8 Å². The van der Waals surface area contributed by atoms with Gasteiger partial charge in [0, 0.05) is 36.6 Å². The summed E-state index contributed by atoms with van der Waals surface area (Å²) in [6.45, 7) is 11.0. The molecule has 1 unspecified atom stereocenters. The molecule has 0 bridgehead atoms. The molecular weight excluding hydrogens is 236 g/mol. The molecule has 0 aliphatic heterocycles. The second kappa shape index (κ2) is 5.29. The summed E-state index contributed by atoms with van der Waals surface area (Å²) in [5.41, 5.74) is 2.68. The summed E-state index contributed by atoms with van der Waals surface area (Å²) >= 11 is 0. The fourth-order valence-electron chi connectivity index (χ4n) is 2.92. The van der Waals surface area contributed by atoms with Crippen LogP contribution in [0, 0.1) is 5.41 Å². The summed E-state index contributed by atoms with van der Waals surface area (Å²) in [6.07, 6.45) is 3.79. The summed E-state index contributed by atoms with van der Waals surface area (Å²) in [6, 6.07) is 2.68. The summed E-state index contributed by atoms with van der Waals surface area (Å²) in [5, 5.41) is 10.3. The van der Waals surface area contributed by atoms with Gasteiger partial charge < -0.3 is 14.6 Å². The third-order valence-corrected chi connectivity index (χ3v) is 4.44. The van der Waals surface area contributed by atoms with Crippen molar-refractivity contribution in [2.45, 2.75) is 59.2 Å². The Bertz CT molecular complexity index is 434. The molecule has 108 valence electrons. The maximum absolute atomic E-state index is 10.3. The quantitative estimate of drug-likeness (QED) is 0.906. The first-order valence-electron chi connectivity index (χ1n) is 7.36. The zero-order chi connectivity index (χ0) is 14.2. The first kappa shape index (κ1) is 14.6. The van der Waals surface area contributed by atoms with Crippen molar-refractivity contribution in [1.29, 1.82) is 0 Å². The van der Waals surface area contributed by atoms with E-state index in [9.17, 15) is 5.11 Å². The predicted molar refractivity (Wildman–Crippen MR) is 79.3 cm³/mol. The topological polar surface area (TPSA) is 28.4 Å². The van der Waals surface area contributed by atoms with Crippen molar-refractivity contribution < 1.29 is 5.11 Å². The Hall–Kier alpha value is -0.800. The smallest absolute Gasteiger partial charge is 0.0812 e. The molecule has 0 spiro atoms. The molecule has 1 N–H and O–H groups in total. The molecule has 0 aromatic carbocycles. The predicted octanol–water partition coefficient (Wildman–Crippen LogP) is 2.83. The first-order valence-corrected chi connectivity index (χ1v) is 7.36. The first-order chi connectivity index (χ1) is 8.80. The van der Waals surface area contributed by atoms with Crippen LogP contribution in [0.4, 0.5) is 0 Å². The van der Waals surface area contributed by atoms with Gasteiger partial charge in [-0.3, -0.25) is 0 Å². The van der Waals surface area contributed by atoms with Gasteiger partial charge in [0.15, 0.2) is 0 Å². The van der Waals surface area contributed by atoms with Crippen LogP contribution in [0.2, 0.25) is 0 Å². The number of hydrogen-bond donors (Lipinski definition) is 1. The van der Waals surface area contributed by atoms with Crippen molar-refractivity contribution in [2.75, 3.05) is 13.6 Å². The van der Waals surface area contributed by atoms with Crippen LogP contribution in [0.3, 0.4) is 0 Å². The summed E-state index contributed by atoms with van der Waals surface area (Å²) in [5.74, 6) is 0. The number of aliphatic hydroxyl groups excluding tert-OH is 1. The van der Waals surface area contributed by atoms with E-state index in [-0.39, 0.29) is 11.5 Å². The molecule has 1 aromatic rings. The number of aromatic nitrogens is 1. The highest BCUT2D eigenvalue weighted by Gasteiger charge is 2.33. The molecule has 1 aliphatic rings. The Balaban J connectivity index is 2.12. The van der Waals surface area contributed by atoms with E-state index in [0.29, 0.717) is 6.04 Å². The lowest BCUT2D eigenvalue weighted by Gasteiger charge is -2.34. The van der Waals surface area contributed by atoms with Gasteiger partial charge in [-0.05, 0) is 45.2 Å². The molecule has 0 saturated heterocycles. The van der Waals surface area contributed by atoms with Crippen molar-refractivity contribution in [2.24, 2.45) is 5.41 Å². The number of fused-ring (bicyclic) bond motifs is 1. The molecule has 0 radical (unpaired) electrons. The van der Waals surface area contributed by atoms with Gasteiger partial charge in [0.2, 0.25) is 0 Å². The minimum Gasteiger partial charge on any atom is -0.388 e. The van der Waals surface area contributed by atoms with Crippen LogP contribution >= 0.6 is 0 Å². The second-order valence-electron chi connectivity index (χ2n) is 7.05. The molecule has 1 atom stereocenters. The Kier molecular flexibility index (Phi) is 4.07. The van der Waals surface area contributed by atoms with Crippen molar-refractivity contribution in [1.82, 2.24) is 9.47 Å². The van der Waals surface area contributed by atoms with Crippen LogP contribution in [0.15, 0.2) is 12.3 Å². The Labute approximate surface area is 117 Å². The van der Waals surface area contributed by atoms with E-state index in [2.05, 4.69) is 56.5 Å². The average Bonchev–Trinajstić information content (AvgIpc) is 2.67. The fourth-order valence-corrected chi connectivity index (χ4v) is 2.92. The third-order valence-electron chi connectivity index (χ3n) is 4.44. The van der Waals surface area contributed by atoms with E-state index in [1.165, 1.54) is 5.69 Å². The Morgan fingerprint density at radius 1 is 1.47 bits per heavy atom. The van der Waals surface area contributed by atoms with Crippen molar-refractivity contribution >= 4 is 0 Å². The zero-order valence-electron chi connectivity index (χ0n) is 13.0. The Morgan fingerprint density at radius 2 is 2.16 bits per heavy atom. The zero-order valence-corrected chi connectivity index (χ0v) is 13.0. The van der Waals surface area contributed by atoms with E-state index in [0.717, 1.165) is 31.5 Å². The number of aliphatic hydroxyl groups is 1. The number of likely N-dealkylation sites (N-methyl/N-ethyl adjacent to an activating group) is 1. The van der Waals surface area contributed by atoms with Gasteiger partial charge in [0.1, 0.15) is 0 Å². The van der Waals surface area contributed by atoms with Crippen molar-refractivity contribution in [3.05, 3.63) is 23.5 Å². The summed E-state index contributed by atoms with van der Waals surface area (Å²) in [4.78, 5) is 2.36. The average molecular weight is 264 g/mol. The maximum atomic E-state index is 10.3. The molecular formula is C16H28N2O. The lowest BCUT2D eigenvalue weighted by Crippen LogP contribution is -2.31. The molecule has 1 aromatic heterocycles. The molecule has 0 fully saturated rings. The number of hydrogen-bond acceptors (Lipinski definition) is 2. The summed E-state index contributed by atoms with van der Waals surface area (Å²) in [7, 11) is 2.17. The second-order valence-corrected chi connectivity index (χ2v) is 7.05. The van der Waals surface area contributed by atoms with Gasteiger partial charge in [-0.2, -0.15) is 0 Å². The molecule has 19 heavy (non-hydrogen) atoms. The molecule has 1 aliphatic carbocycles. The van der Waals surface area contributed by atoms with Gasteiger partial charge in [0.05, 0.1) is 6.10 Å². The monoisotopic (exact) mass is 264 g/mol. The van der Waals surface area contributed by atoms with E-state index in [4.69, 9.17) is 0 Å². The van der Waals surface area contributed by atoms with E-state index in [1.807, 2.05) is 0 Å². The summed E-state index contributed by atoms with van der Waals surface area (Å²) < 4.78 is 2.33. The van der Waals surface area contributed by atoms with Crippen LogP contribution in [-0.2, 0) is 13.0 Å². The lowest BCUT2D eigenvalue weighted by molar-refractivity contribution is 0.0977. The molecule has 3 heteroatoms. The lowest BCUT2D eigenvalue weighted by atomic mass is 9.75. The van der Waals surface area contributed by atoms with Crippen LogP contribution < -0.4 is 0 Å². The van der Waals surface area contributed by atoms with E-state index in [1.54, 1.807) is 0 Å². The molecule has 2 rings (SSSR count). The maximum Gasteiger partial charge on any atom is 0.0812 e. The van der Waals surface area contributed by atoms with Crippen molar-refractivity contribution in [3.8, 4) is 0 Å². The van der Waals surface area contributed by atoms with Crippen LogP contribution in [0.25, 0.3) is 0 Å². The highest BCUT2D eigenvalue weighted by molar-refractivity contribution is 5.29. The van der Waals surface area contributed by atoms with Gasteiger partial charge >= 0.3 is 0 Å². The molecule has 1 heterocycles. The fraction of sp³-hybridized carbons (Fsp3) is 0.750. The highest BCUT2D eigenvalue weighted by atomic mass is 16.3. The minimum atomic E-state index is -0.289. The van der Waals surface area contributed by atoms with Gasteiger partial charge in [-0.25, -0.2) is 0 Å². The van der Waals surface area contributed by atoms with Gasteiger partial charge in [-0.15, -0.1) is 0 Å². The Morgan fingerprint density at radius 3 is 2.79 bits per heavy atom. The van der Waals surface area contributed by atoms with Crippen LogP contribution in [-0.4, -0.2) is 34.2 Å². The SMILES string of the molecule is CC(C)N(C)CCn1ccc2c1CC(C)(C)CC2O. The minimum absolute atomic E-state index is 0.201. The van der Waals surface area contributed by atoms with Crippen LogP contribution in [0.1, 0.15) is 51.5 Å². The van der Waals surface area contributed by atoms with Crippen molar-refractivity contribution in [3.63, 3.8) is 0 Å². The number of rotatable bonds is 4. The van der Waals surface area contributed by atoms with Gasteiger partial charge in [0.25, 0.3) is 0 Å². The van der Waals surface area contributed by atoms with Crippen LogP contribution in [0.5, 0.6) is 0 Å². The van der Waals surface area contributed by atoms with E-state index < -0.39 is 0 Å². The molecule has 3 nitrogen and oxygen atoms in total. The third kappa shape index (κ3) is 3.21.